The summed E-state index contributed by atoms with van der Waals surface area (Å²) in [6.45, 7) is 0.283. The van der Waals surface area contributed by atoms with Crippen LogP contribution in [0.5, 0.6) is 17.2 Å². The van der Waals surface area contributed by atoms with Crippen molar-refractivity contribution in [3.63, 3.8) is 0 Å². The molecule has 164 valence electrons. The second-order valence-electron chi connectivity index (χ2n) is 7.07. The van der Waals surface area contributed by atoms with Gasteiger partial charge in [-0.15, -0.1) is 0 Å². The van der Waals surface area contributed by atoms with Crippen molar-refractivity contribution in [1.29, 1.82) is 0 Å². The molecule has 0 radical (unpaired) electrons. The lowest BCUT2D eigenvalue weighted by molar-refractivity contribution is -0.148. The van der Waals surface area contributed by atoms with Gasteiger partial charge in [-0.05, 0) is 54.8 Å². The van der Waals surface area contributed by atoms with Crippen LogP contribution in [0.15, 0.2) is 48.5 Å². The monoisotopic (exact) mass is 425 g/mol. The molecule has 0 bridgehead atoms. The molecule has 1 saturated heterocycles. The molecule has 2 aromatic rings. The number of nitrogens with zero attached hydrogens (tertiary/aromatic N) is 1. The zero-order valence-electron chi connectivity index (χ0n) is 18.0. The summed E-state index contributed by atoms with van der Waals surface area (Å²) in [5.41, 5.74) is 1.68. The maximum atomic E-state index is 12.8. The minimum absolute atomic E-state index is 0.149. The molecule has 1 aliphatic rings. The van der Waals surface area contributed by atoms with E-state index >= 15 is 0 Å². The minimum atomic E-state index is -0.578. The van der Waals surface area contributed by atoms with Crippen molar-refractivity contribution in [3.8, 4) is 17.2 Å². The summed E-state index contributed by atoms with van der Waals surface area (Å²) >= 11 is 0. The average Bonchev–Trinajstić information content (AvgIpc) is 3.30. The van der Waals surface area contributed by atoms with E-state index in [1.165, 1.54) is 6.08 Å². The first kappa shape index (κ1) is 22.2. The largest absolute Gasteiger partial charge is 0.497 e. The van der Waals surface area contributed by atoms with Gasteiger partial charge in [0, 0.05) is 18.2 Å². The second kappa shape index (κ2) is 10.5. The Morgan fingerprint density at radius 1 is 1.03 bits per heavy atom. The van der Waals surface area contributed by atoms with Gasteiger partial charge < -0.3 is 23.8 Å². The molecule has 0 saturated carbocycles. The van der Waals surface area contributed by atoms with Crippen LogP contribution in [0.2, 0.25) is 0 Å². The Kier molecular flexibility index (Phi) is 7.54. The molecule has 7 nitrogen and oxygen atoms in total. The molecule has 1 amide bonds. The van der Waals surface area contributed by atoms with Gasteiger partial charge in [0.05, 0.1) is 27.4 Å². The van der Waals surface area contributed by atoms with Gasteiger partial charge >= 0.3 is 5.97 Å². The molecular formula is C24H27NO6. The van der Waals surface area contributed by atoms with Crippen LogP contribution >= 0.6 is 0 Å². The molecule has 0 unspecified atom stereocenters. The van der Waals surface area contributed by atoms with Crippen molar-refractivity contribution in [3.05, 3.63) is 59.7 Å². The van der Waals surface area contributed by atoms with Crippen molar-refractivity contribution in [2.45, 2.75) is 18.9 Å². The number of hydrogen-bond acceptors (Lipinski definition) is 6. The fourth-order valence-electron chi connectivity index (χ4n) is 3.66. The summed E-state index contributed by atoms with van der Waals surface area (Å²) < 4.78 is 21.1. The second-order valence-corrected chi connectivity index (χ2v) is 7.07. The van der Waals surface area contributed by atoms with Gasteiger partial charge in [-0.1, -0.05) is 12.1 Å². The normalized spacial score (nSPS) is 15.7. The van der Waals surface area contributed by atoms with E-state index in [4.69, 9.17) is 18.9 Å². The smallest absolute Gasteiger partial charge is 0.331 e. The standard InChI is InChI=1S/C24H27NO6/c1-28-18-7-4-6-17(14-18)9-12-24(27)31-16-23(26)25-13-5-8-21(25)20-15-19(29-2)10-11-22(20)30-3/h4,6-7,9-12,14-15,21H,5,8,13,16H2,1-3H3/b12-9+/t21-/m1/s1. The van der Waals surface area contributed by atoms with E-state index in [0.29, 0.717) is 23.8 Å². The fraction of sp³-hybridized carbons (Fsp3) is 0.333. The van der Waals surface area contributed by atoms with E-state index in [0.717, 1.165) is 24.0 Å². The first-order chi connectivity index (χ1) is 15.0. The molecule has 1 heterocycles. The summed E-state index contributed by atoms with van der Waals surface area (Å²) in [6.07, 6.45) is 4.59. The maximum Gasteiger partial charge on any atom is 0.331 e. The van der Waals surface area contributed by atoms with Crippen LogP contribution < -0.4 is 14.2 Å². The third-order valence-corrected chi connectivity index (χ3v) is 5.21. The van der Waals surface area contributed by atoms with Crippen LogP contribution in [0.3, 0.4) is 0 Å². The predicted octanol–water partition coefficient (Wildman–Crippen LogP) is 3.63. The Balaban J connectivity index is 1.62. The first-order valence-corrected chi connectivity index (χ1v) is 10.1. The van der Waals surface area contributed by atoms with Crippen molar-refractivity contribution >= 4 is 18.0 Å². The molecule has 1 fully saturated rings. The zero-order chi connectivity index (χ0) is 22.2. The van der Waals surface area contributed by atoms with Gasteiger partial charge in [0.15, 0.2) is 6.61 Å². The van der Waals surface area contributed by atoms with E-state index in [1.807, 2.05) is 36.4 Å². The molecular weight excluding hydrogens is 398 g/mol. The highest BCUT2D eigenvalue weighted by Crippen LogP contribution is 2.38. The topological polar surface area (TPSA) is 74.3 Å². The van der Waals surface area contributed by atoms with Crippen molar-refractivity contribution in [1.82, 2.24) is 4.90 Å². The summed E-state index contributed by atoms with van der Waals surface area (Å²) in [5.74, 6) is 1.27. The molecule has 1 aliphatic heterocycles. The third-order valence-electron chi connectivity index (χ3n) is 5.21. The molecule has 0 aromatic heterocycles. The van der Waals surface area contributed by atoms with Crippen molar-refractivity contribution in [2.24, 2.45) is 0 Å². The lowest BCUT2D eigenvalue weighted by atomic mass is 10.0. The quantitative estimate of drug-likeness (QED) is 0.475. The van der Waals surface area contributed by atoms with Gasteiger partial charge in [0.2, 0.25) is 0 Å². The molecule has 1 atom stereocenters. The van der Waals surface area contributed by atoms with Gasteiger partial charge in [0.1, 0.15) is 17.2 Å². The summed E-state index contributed by atoms with van der Waals surface area (Å²) in [6, 6.07) is 12.7. The Hall–Kier alpha value is -3.48. The molecule has 2 aromatic carbocycles. The number of esters is 1. The number of methoxy groups -OCH3 is 3. The SMILES string of the molecule is COc1cccc(/C=C/C(=O)OCC(=O)N2CCC[C@@H]2c2cc(OC)ccc2OC)c1. The molecule has 0 aliphatic carbocycles. The molecule has 31 heavy (non-hydrogen) atoms. The van der Waals surface area contributed by atoms with E-state index in [1.54, 1.807) is 38.4 Å². The summed E-state index contributed by atoms with van der Waals surface area (Å²) in [7, 11) is 4.78. The number of rotatable bonds is 8. The summed E-state index contributed by atoms with van der Waals surface area (Å²) in [4.78, 5) is 26.6. The van der Waals surface area contributed by atoms with Crippen LogP contribution in [0.25, 0.3) is 6.08 Å². The van der Waals surface area contributed by atoms with Gasteiger partial charge in [0.25, 0.3) is 5.91 Å². The number of hydrogen-bond donors (Lipinski definition) is 0. The van der Waals surface area contributed by atoms with E-state index in [9.17, 15) is 9.59 Å². The van der Waals surface area contributed by atoms with Gasteiger partial charge in [-0.3, -0.25) is 4.79 Å². The van der Waals surface area contributed by atoms with Crippen LogP contribution in [-0.2, 0) is 14.3 Å². The summed E-state index contributed by atoms with van der Waals surface area (Å²) in [5, 5.41) is 0. The van der Waals surface area contributed by atoms with Gasteiger partial charge in [-0.25, -0.2) is 4.79 Å². The number of carbonyl (C=O) groups is 2. The third kappa shape index (κ3) is 5.57. The van der Waals surface area contributed by atoms with Gasteiger partial charge in [-0.2, -0.15) is 0 Å². The maximum absolute atomic E-state index is 12.8. The zero-order valence-corrected chi connectivity index (χ0v) is 18.0. The highest BCUT2D eigenvalue weighted by molar-refractivity contribution is 5.89. The number of ether oxygens (including phenoxy) is 4. The van der Waals surface area contributed by atoms with E-state index in [-0.39, 0.29) is 18.6 Å². The molecule has 7 heteroatoms. The molecule has 0 spiro atoms. The number of amides is 1. The first-order valence-electron chi connectivity index (χ1n) is 10.1. The predicted molar refractivity (Wildman–Crippen MR) is 116 cm³/mol. The Morgan fingerprint density at radius 3 is 2.55 bits per heavy atom. The number of likely N-dealkylation sites (tertiary alicyclic amines) is 1. The average molecular weight is 425 g/mol. The Labute approximate surface area is 182 Å². The van der Waals surface area contributed by atoms with Crippen LogP contribution in [-0.4, -0.2) is 51.3 Å². The number of carbonyl (C=O) groups excluding carboxylic acids is 2. The minimum Gasteiger partial charge on any atom is -0.497 e. The van der Waals surface area contributed by atoms with Crippen LogP contribution in [0.1, 0.15) is 30.0 Å². The fourth-order valence-corrected chi connectivity index (χ4v) is 3.66. The number of benzene rings is 2. The Bertz CT molecular complexity index is 955. The Morgan fingerprint density at radius 2 is 1.81 bits per heavy atom. The highest BCUT2D eigenvalue weighted by Gasteiger charge is 2.32. The lowest BCUT2D eigenvalue weighted by Gasteiger charge is -2.26. The molecule has 0 N–H and O–H groups in total. The van der Waals surface area contributed by atoms with E-state index < -0.39 is 5.97 Å². The van der Waals surface area contributed by atoms with E-state index in [2.05, 4.69) is 0 Å². The van der Waals surface area contributed by atoms with Crippen LogP contribution in [0.4, 0.5) is 0 Å². The van der Waals surface area contributed by atoms with Crippen molar-refractivity contribution in [2.75, 3.05) is 34.5 Å². The lowest BCUT2D eigenvalue weighted by Crippen LogP contribution is -2.34. The van der Waals surface area contributed by atoms with Crippen molar-refractivity contribution < 1.29 is 28.5 Å². The molecule has 3 rings (SSSR count). The van der Waals surface area contributed by atoms with Crippen LogP contribution in [0, 0.1) is 0 Å². The highest BCUT2D eigenvalue weighted by atomic mass is 16.5.